The van der Waals surface area contributed by atoms with Crippen LogP contribution in [0.5, 0.6) is 5.75 Å². The Morgan fingerprint density at radius 3 is 2.40 bits per heavy atom. The molecule has 4 nitrogen and oxygen atoms in total. The van der Waals surface area contributed by atoms with Crippen LogP contribution in [0.25, 0.3) is 0 Å². The fraction of sp³-hybridized carbons (Fsp3) is 0.455. The molecule has 15 heavy (non-hydrogen) atoms. The smallest absolute Gasteiger partial charge is 0.169 e. The molecule has 2 atom stereocenters. The van der Waals surface area contributed by atoms with Gasteiger partial charge in [0.15, 0.2) is 6.29 Å². The maximum atomic E-state index is 9.50. The van der Waals surface area contributed by atoms with Crippen LogP contribution in [-0.2, 0) is 11.2 Å². The predicted octanol–water partition coefficient (Wildman–Crippen LogP) is 0.487. The Labute approximate surface area is 89.5 Å². The minimum atomic E-state index is -0.830. The average Bonchev–Trinajstić information content (AvgIpc) is 2.27. The lowest BCUT2D eigenvalue weighted by Crippen LogP contribution is -2.40. The molecule has 0 aromatic heterocycles. The summed E-state index contributed by atoms with van der Waals surface area (Å²) in [5.74, 6) is 0.243. The minimum Gasteiger partial charge on any atom is -0.508 e. The zero-order valence-electron chi connectivity index (χ0n) is 8.97. The molecule has 84 valence electrons. The van der Waals surface area contributed by atoms with Gasteiger partial charge >= 0.3 is 0 Å². The molecule has 1 aromatic carbocycles. The molecule has 4 heteroatoms. The van der Waals surface area contributed by atoms with E-state index in [0.717, 1.165) is 5.56 Å². The van der Waals surface area contributed by atoms with Gasteiger partial charge in [-0.05, 0) is 31.2 Å². The third-order valence-electron chi connectivity index (χ3n) is 2.35. The molecule has 0 aliphatic rings. The molecule has 0 aliphatic heterocycles. The first-order valence-corrected chi connectivity index (χ1v) is 4.83. The van der Waals surface area contributed by atoms with E-state index >= 15 is 0 Å². The molecule has 1 aromatic rings. The summed E-state index contributed by atoms with van der Waals surface area (Å²) in [4.78, 5) is 0. The summed E-state index contributed by atoms with van der Waals surface area (Å²) < 4.78 is 4.84. The molecule has 0 fully saturated rings. The van der Waals surface area contributed by atoms with Gasteiger partial charge in [-0.2, -0.15) is 0 Å². The van der Waals surface area contributed by atoms with E-state index in [4.69, 9.17) is 9.84 Å². The van der Waals surface area contributed by atoms with Gasteiger partial charge in [-0.3, -0.25) is 0 Å². The molecule has 3 N–H and O–H groups in total. The molecule has 1 rings (SSSR count). The van der Waals surface area contributed by atoms with Crippen LogP contribution in [0.3, 0.4) is 0 Å². The van der Waals surface area contributed by atoms with Crippen LogP contribution < -0.4 is 5.32 Å². The molecule has 2 unspecified atom stereocenters. The number of aromatic hydroxyl groups is 1. The molecule has 0 heterocycles. The van der Waals surface area contributed by atoms with Crippen LogP contribution in [0.1, 0.15) is 5.56 Å². The first-order chi connectivity index (χ1) is 7.17. The molecule has 0 bridgehead atoms. The maximum Gasteiger partial charge on any atom is 0.169 e. The number of phenols is 1. The highest BCUT2D eigenvalue weighted by Crippen LogP contribution is 2.12. The van der Waals surface area contributed by atoms with E-state index in [0.29, 0.717) is 6.42 Å². The predicted molar refractivity (Wildman–Crippen MR) is 57.7 cm³/mol. The van der Waals surface area contributed by atoms with Crippen LogP contribution in [0, 0.1) is 0 Å². The third kappa shape index (κ3) is 3.51. The molecule has 0 aliphatic carbocycles. The Kier molecular flexibility index (Phi) is 4.55. The standard InChI is InChI=1S/C11H17NO3/c1-12-10(11(14)15-2)7-8-3-5-9(13)6-4-8/h3-6,10-14H,7H2,1-2H3. The lowest BCUT2D eigenvalue weighted by molar-refractivity contribution is -0.0953. The summed E-state index contributed by atoms with van der Waals surface area (Å²) in [7, 11) is 3.24. The van der Waals surface area contributed by atoms with E-state index < -0.39 is 6.29 Å². The number of benzene rings is 1. The van der Waals surface area contributed by atoms with E-state index in [-0.39, 0.29) is 11.8 Å². The highest BCUT2D eigenvalue weighted by atomic mass is 16.6. The fourth-order valence-electron chi connectivity index (χ4n) is 1.40. The number of ether oxygens (including phenoxy) is 1. The number of phenolic OH excluding ortho intramolecular Hbond substituents is 1. The molecular formula is C11H17NO3. The second-order valence-corrected chi connectivity index (χ2v) is 3.39. The van der Waals surface area contributed by atoms with Crippen LogP contribution in [0.2, 0.25) is 0 Å². The van der Waals surface area contributed by atoms with Crippen molar-refractivity contribution in [1.82, 2.24) is 5.32 Å². The lowest BCUT2D eigenvalue weighted by atomic mass is 10.1. The normalized spacial score (nSPS) is 14.9. The number of methoxy groups -OCH3 is 1. The van der Waals surface area contributed by atoms with Gasteiger partial charge in [0, 0.05) is 7.11 Å². The molecule has 0 amide bonds. The van der Waals surface area contributed by atoms with Crippen molar-refractivity contribution in [2.24, 2.45) is 0 Å². The number of aliphatic hydroxyl groups excluding tert-OH is 1. The molecular weight excluding hydrogens is 194 g/mol. The van der Waals surface area contributed by atoms with Crippen molar-refractivity contribution in [2.45, 2.75) is 18.8 Å². The van der Waals surface area contributed by atoms with Crippen molar-refractivity contribution in [2.75, 3.05) is 14.2 Å². The Balaban J connectivity index is 2.62. The van der Waals surface area contributed by atoms with Gasteiger partial charge in [-0.15, -0.1) is 0 Å². The van der Waals surface area contributed by atoms with Crippen molar-refractivity contribution < 1.29 is 14.9 Å². The van der Waals surface area contributed by atoms with Crippen molar-refractivity contribution in [1.29, 1.82) is 0 Å². The van der Waals surface area contributed by atoms with Crippen LogP contribution in [0.15, 0.2) is 24.3 Å². The fourth-order valence-corrected chi connectivity index (χ4v) is 1.40. The summed E-state index contributed by atoms with van der Waals surface area (Å²) in [5.41, 5.74) is 1.03. The van der Waals surface area contributed by atoms with Gasteiger partial charge in [-0.25, -0.2) is 0 Å². The Morgan fingerprint density at radius 2 is 1.93 bits per heavy atom. The van der Waals surface area contributed by atoms with Gasteiger partial charge in [0.05, 0.1) is 6.04 Å². The van der Waals surface area contributed by atoms with Crippen LogP contribution in [0.4, 0.5) is 0 Å². The summed E-state index contributed by atoms with van der Waals surface area (Å²) >= 11 is 0. The molecule has 0 radical (unpaired) electrons. The SMILES string of the molecule is CNC(Cc1ccc(O)cc1)C(O)OC. The van der Waals surface area contributed by atoms with Crippen LogP contribution >= 0.6 is 0 Å². The minimum absolute atomic E-state index is 0.153. The number of hydrogen-bond donors (Lipinski definition) is 3. The zero-order valence-corrected chi connectivity index (χ0v) is 8.97. The van der Waals surface area contributed by atoms with Gasteiger partial charge in [0.2, 0.25) is 0 Å². The highest BCUT2D eigenvalue weighted by molar-refractivity contribution is 5.26. The molecule has 0 saturated heterocycles. The largest absolute Gasteiger partial charge is 0.508 e. The van der Waals surface area contributed by atoms with Gasteiger partial charge in [-0.1, -0.05) is 12.1 Å². The Hall–Kier alpha value is -1.10. The van der Waals surface area contributed by atoms with Crippen LogP contribution in [-0.4, -0.2) is 36.7 Å². The Bertz CT molecular complexity index is 286. The summed E-state index contributed by atoms with van der Waals surface area (Å²) in [6.45, 7) is 0. The first kappa shape index (κ1) is 12.0. The Morgan fingerprint density at radius 1 is 1.33 bits per heavy atom. The average molecular weight is 211 g/mol. The van der Waals surface area contributed by atoms with Gasteiger partial charge < -0.3 is 20.3 Å². The third-order valence-corrected chi connectivity index (χ3v) is 2.35. The van der Waals surface area contributed by atoms with E-state index in [2.05, 4.69) is 5.32 Å². The lowest BCUT2D eigenvalue weighted by Gasteiger charge is -2.21. The monoisotopic (exact) mass is 211 g/mol. The van der Waals surface area contributed by atoms with Gasteiger partial charge in [0.25, 0.3) is 0 Å². The topological polar surface area (TPSA) is 61.7 Å². The van der Waals surface area contributed by atoms with Crippen molar-refractivity contribution in [3.8, 4) is 5.75 Å². The molecule has 0 spiro atoms. The summed E-state index contributed by atoms with van der Waals surface area (Å²) in [5, 5.41) is 21.6. The van der Waals surface area contributed by atoms with E-state index in [1.165, 1.54) is 7.11 Å². The number of nitrogens with one attached hydrogen (secondary N) is 1. The summed E-state index contributed by atoms with van der Waals surface area (Å²) in [6.07, 6.45) is -0.185. The van der Waals surface area contributed by atoms with E-state index in [9.17, 15) is 5.11 Å². The second-order valence-electron chi connectivity index (χ2n) is 3.39. The maximum absolute atomic E-state index is 9.50. The van der Waals surface area contributed by atoms with Gasteiger partial charge in [0.1, 0.15) is 5.75 Å². The first-order valence-electron chi connectivity index (χ1n) is 4.83. The number of rotatable bonds is 5. The van der Waals surface area contributed by atoms with E-state index in [1.54, 1.807) is 19.2 Å². The molecule has 0 saturated carbocycles. The summed E-state index contributed by atoms with van der Waals surface area (Å²) in [6, 6.07) is 6.74. The quantitative estimate of drug-likeness (QED) is 0.620. The van der Waals surface area contributed by atoms with Crippen molar-refractivity contribution in [3.63, 3.8) is 0 Å². The zero-order chi connectivity index (χ0) is 11.3. The number of hydrogen-bond acceptors (Lipinski definition) is 4. The number of aliphatic hydroxyl groups is 1. The van der Waals surface area contributed by atoms with Crippen molar-refractivity contribution in [3.05, 3.63) is 29.8 Å². The second kappa shape index (κ2) is 5.70. The van der Waals surface area contributed by atoms with E-state index in [1.807, 2.05) is 12.1 Å². The highest BCUT2D eigenvalue weighted by Gasteiger charge is 2.16. The number of likely N-dealkylation sites (N-methyl/N-ethyl adjacent to an activating group) is 1. The van der Waals surface area contributed by atoms with Crippen molar-refractivity contribution >= 4 is 0 Å².